The van der Waals surface area contributed by atoms with E-state index in [9.17, 15) is 0 Å². The molecule has 0 unspecified atom stereocenters. The summed E-state index contributed by atoms with van der Waals surface area (Å²) in [5.41, 5.74) is 5.36. The average molecular weight is 561 g/mol. The fourth-order valence-electron chi connectivity index (χ4n) is 3.80. The van der Waals surface area contributed by atoms with Crippen LogP contribution in [0, 0.1) is 13.8 Å². The van der Waals surface area contributed by atoms with E-state index in [1.54, 1.807) is 0 Å². The fourth-order valence-corrected chi connectivity index (χ4v) is 3.80. The van der Waals surface area contributed by atoms with Crippen LogP contribution in [0.4, 0.5) is 0 Å². The van der Waals surface area contributed by atoms with Crippen LogP contribution in [-0.2, 0) is 13.1 Å². The van der Waals surface area contributed by atoms with Crippen molar-refractivity contribution in [1.29, 1.82) is 0 Å². The lowest BCUT2D eigenvalue weighted by Gasteiger charge is -2.15. The molecule has 2 N–H and O–H groups in total. The maximum atomic E-state index is 5.93. The minimum absolute atomic E-state index is 0. The Labute approximate surface area is 212 Å². The van der Waals surface area contributed by atoms with Crippen molar-refractivity contribution in [3.05, 3.63) is 71.0 Å². The number of ether oxygens (including phenoxy) is 2. The minimum atomic E-state index is 0. The molecule has 0 spiro atoms. The van der Waals surface area contributed by atoms with Gasteiger partial charge in [-0.3, -0.25) is 0 Å². The average Bonchev–Trinajstić information content (AvgIpc) is 2.98. The number of halogens is 1. The maximum absolute atomic E-state index is 5.93. The topological polar surface area (TPSA) is 72.7 Å². The number of benzene rings is 2. The third-order valence-corrected chi connectivity index (χ3v) is 5.28. The van der Waals surface area contributed by atoms with Crippen molar-refractivity contribution in [2.75, 3.05) is 19.8 Å². The van der Waals surface area contributed by atoms with Crippen molar-refractivity contribution >= 4 is 29.9 Å². The molecule has 1 aliphatic heterocycles. The zero-order valence-corrected chi connectivity index (χ0v) is 21.8. The number of guanidine groups is 1. The quantitative estimate of drug-likeness (QED) is 0.263. The van der Waals surface area contributed by atoms with Crippen LogP contribution < -0.4 is 20.1 Å². The summed E-state index contributed by atoms with van der Waals surface area (Å²) in [6.07, 6.45) is 0.885. The zero-order chi connectivity index (χ0) is 22.3. The van der Waals surface area contributed by atoms with E-state index in [4.69, 9.17) is 14.5 Å². The first-order chi connectivity index (χ1) is 15.7. The highest BCUT2D eigenvalue weighted by Gasteiger charge is 2.14. The van der Waals surface area contributed by atoms with E-state index in [1.807, 2.05) is 41.9 Å². The summed E-state index contributed by atoms with van der Waals surface area (Å²) in [4.78, 5) is 4.80. The number of nitrogens with one attached hydrogen (secondary N) is 2. The summed E-state index contributed by atoms with van der Waals surface area (Å²) >= 11 is 0. The molecule has 2 aromatic carbocycles. The number of para-hydroxylation sites is 2. The third-order valence-electron chi connectivity index (χ3n) is 5.28. The summed E-state index contributed by atoms with van der Waals surface area (Å²) in [6.45, 7) is 9.40. The number of fused-ring (bicyclic) bond motifs is 1. The lowest BCUT2D eigenvalue weighted by Crippen LogP contribution is -2.37. The molecule has 1 aliphatic rings. The minimum Gasteiger partial charge on any atom is -0.490 e. The van der Waals surface area contributed by atoms with Crippen molar-refractivity contribution < 1.29 is 9.47 Å². The van der Waals surface area contributed by atoms with Crippen molar-refractivity contribution in [1.82, 2.24) is 20.4 Å². The van der Waals surface area contributed by atoms with Gasteiger partial charge in [0.2, 0.25) is 0 Å². The van der Waals surface area contributed by atoms with E-state index in [-0.39, 0.29) is 24.0 Å². The highest BCUT2D eigenvalue weighted by Crippen LogP contribution is 2.33. The molecular weight excluding hydrogens is 529 g/mol. The van der Waals surface area contributed by atoms with Gasteiger partial charge in [-0.05, 0) is 44.5 Å². The SMILES string of the molecule is CCNC(=NCc1cccc2c1OCCCO2)NCc1ccccc1-n1nc(C)cc1C.I. The van der Waals surface area contributed by atoms with Crippen LogP contribution in [0.5, 0.6) is 11.5 Å². The van der Waals surface area contributed by atoms with Crippen LogP contribution in [0.15, 0.2) is 53.5 Å². The first-order valence-corrected chi connectivity index (χ1v) is 11.2. The molecule has 0 saturated carbocycles. The molecule has 176 valence electrons. The van der Waals surface area contributed by atoms with Crippen LogP contribution in [-0.4, -0.2) is 35.5 Å². The molecule has 33 heavy (non-hydrogen) atoms. The molecule has 0 radical (unpaired) electrons. The van der Waals surface area contributed by atoms with Gasteiger partial charge in [0.1, 0.15) is 0 Å². The number of nitrogens with zero attached hydrogens (tertiary/aromatic N) is 3. The largest absolute Gasteiger partial charge is 0.490 e. The molecule has 7 nitrogen and oxygen atoms in total. The highest BCUT2D eigenvalue weighted by molar-refractivity contribution is 14.0. The van der Waals surface area contributed by atoms with Gasteiger partial charge in [0, 0.05) is 30.8 Å². The van der Waals surface area contributed by atoms with Gasteiger partial charge in [0.05, 0.1) is 31.1 Å². The molecule has 8 heteroatoms. The van der Waals surface area contributed by atoms with E-state index in [0.717, 1.165) is 58.6 Å². The molecule has 0 saturated heterocycles. The number of aromatic nitrogens is 2. The second kappa shape index (κ2) is 11.9. The second-order valence-electron chi connectivity index (χ2n) is 7.81. The summed E-state index contributed by atoms with van der Waals surface area (Å²) < 4.78 is 13.7. The van der Waals surface area contributed by atoms with Gasteiger partial charge in [-0.15, -0.1) is 24.0 Å². The number of aliphatic imine (C=N–C) groups is 1. The zero-order valence-electron chi connectivity index (χ0n) is 19.4. The molecule has 1 aromatic heterocycles. The number of aryl methyl sites for hydroxylation is 2. The van der Waals surface area contributed by atoms with Crippen molar-refractivity contribution in [3.63, 3.8) is 0 Å². The van der Waals surface area contributed by atoms with Gasteiger partial charge in [-0.2, -0.15) is 5.10 Å². The van der Waals surface area contributed by atoms with Crippen molar-refractivity contribution in [2.24, 2.45) is 4.99 Å². The molecule has 0 fully saturated rings. The second-order valence-corrected chi connectivity index (χ2v) is 7.81. The Kier molecular flexibility index (Phi) is 8.99. The molecule has 0 amide bonds. The Hall–Kier alpha value is -2.75. The molecule has 4 rings (SSSR count). The Bertz CT molecular complexity index is 1100. The normalized spacial score (nSPS) is 13.1. The molecule has 0 aliphatic carbocycles. The Morgan fingerprint density at radius 3 is 2.61 bits per heavy atom. The first kappa shape index (κ1) is 24.9. The Morgan fingerprint density at radius 1 is 1.03 bits per heavy atom. The van der Waals surface area contributed by atoms with E-state index < -0.39 is 0 Å². The highest BCUT2D eigenvalue weighted by atomic mass is 127. The lowest BCUT2D eigenvalue weighted by atomic mass is 10.1. The van der Waals surface area contributed by atoms with Gasteiger partial charge in [0.15, 0.2) is 17.5 Å². The van der Waals surface area contributed by atoms with E-state index >= 15 is 0 Å². The van der Waals surface area contributed by atoms with Gasteiger partial charge >= 0.3 is 0 Å². The van der Waals surface area contributed by atoms with Gasteiger partial charge in [-0.25, -0.2) is 9.67 Å². The van der Waals surface area contributed by atoms with Crippen LogP contribution >= 0.6 is 24.0 Å². The molecule has 0 atom stereocenters. The fraction of sp³-hybridized carbons (Fsp3) is 0.360. The first-order valence-electron chi connectivity index (χ1n) is 11.2. The standard InChI is InChI=1S/C25H31N5O2.HI/c1-4-26-25(28-17-21-10-7-12-23-24(21)32-14-8-13-31-23)27-16-20-9-5-6-11-22(20)30-19(3)15-18(2)29-30;/h5-7,9-12,15H,4,8,13-14,16-17H2,1-3H3,(H2,26,27,28);1H. The summed E-state index contributed by atoms with van der Waals surface area (Å²) in [6, 6.07) is 16.4. The maximum Gasteiger partial charge on any atom is 0.191 e. The monoisotopic (exact) mass is 561 g/mol. The van der Waals surface area contributed by atoms with Crippen LogP contribution in [0.3, 0.4) is 0 Å². The van der Waals surface area contributed by atoms with Crippen molar-refractivity contribution in [3.8, 4) is 17.2 Å². The molecule has 2 heterocycles. The van der Waals surface area contributed by atoms with Crippen LogP contribution in [0.1, 0.15) is 35.9 Å². The number of hydrogen-bond acceptors (Lipinski definition) is 4. The van der Waals surface area contributed by atoms with E-state index in [1.165, 1.54) is 0 Å². The van der Waals surface area contributed by atoms with Gasteiger partial charge in [0.25, 0.3) is 0 Å². The van der Waals surface area contributed by atoms with E-state index in [2.05, 4.69) is 47.8 Å². The molecular formula is C25H32IN5O2. The molecule has 3 aromatic rings. The Balaban J connectivity index is 0.00000306. The smallest absolute Gasteiger partial charge is 0.191 e. The molecule has 0 bridgehead atoms. The van der Waals surface area contributed by atoms with Crippen LogP contribution in [0.25, 0.3) is 5.69 Å². The van der Waals surface area contributed by atoms with Crippen molar-refractivity contribution in [2.45, 2.75) is 40.3 Å². The summed E-state index contributed by atoms with van der Waals surface area (Å²) in [5.74, 6) is 2.36. The number of hydrogen-bond donors (Lipinski definition) is 2. The predicted octanol–water partition coefficient (Wildman–Crippen LogP) is 4.52. The summed E-state index contributed by atoms with van der Waals surface area (Å²) in [7, 11) is 0. The van der Waals surface area contributed by atoms with Gasteiger partial charge in [-0.1, -0.05) is 30.3 Å². The van der Waals surface area contributed by atoms with E-state index in [0.29, 0.717) is 26.3 Å². The lowest BCUT2D eigenvalue weighted by molar-refractivity contribution is 0.296. The van der Waals surface area contributed by atoms with Crippen LogP contribution in [0.2, 0.25) is 0 Å². The third kappa shape index (κ3) is 6.19. The number of rotatable bonds is 6. The summed E-state index contributed by atoms with van der Waals surface area (Å²) in [5, 5.41) is 11.4. The Morgan fingerprint density at radius 2 is 1.82 bits per heavy atom. The van der Waals surface area contributed by atoms with Gasteiger partial charge < -0.3 is 20.1 Å². The predicted molar refractivity (Wildman–Crippen MR) is 142 cm³/mol.